The lowest BCUT2D eigenvalue weighted by atomic mass is 10.3. The number of aliphatic hydroxyl groups is 1. The third kappa shape index (κ3) is 6.56. The van der Waals surface area contributed by atoms with Gasteiger partial charge < -0.3 is 19.5 Å². The molecule has 108 valence electrons. The van der Waals surface area contributed by atoms with Gasteiger partial charge in [0, 0.05) is 25.2 Å². The van der Waals surface area contributed by atoms with Crippen molar-refractivity contribution < 1.29 is 29.0 Å². The third-order valence-corrected chi connectivity index (χ3v) is 2.30. The van der Waals surface area contributed by atoms with Crippen LogP contribution in [-0.2, 0) is 23.9 Å². The van der Waals surface area contributed by atoms with Gasteiger partial charge in [-0.25, -0.2) is 9.59 Å². The standard InChI is InChI=1S/C12H19NO6/c1-4-13(5-2)12(17)9(14)8-19-11(16)7-6-10(15)18-3/h6-7,9,14H,4-5,8H2,1-3H3/b7-6+/t9-/m1/s1. The normalized spacial score (nSPS) is 12.0. The van der Waals surface area contributed by atoms with Crippen LogP contribution in [-0.4, -0.2) is 60.8 Å². The Kier molecular flexibility index (Phi) is 8.19. The van der Waals surface area contributed by atoms with Crippen molar-refractivity contribution in [1.29, 1.82) is 0 Å². The first kappa shape index (κ1) is 17.1. The monoisotopic (exact) mass is 273 g/mol. The highest BCUT2D eigenvalue weighted by Crippen LogP contribution is 1.97. The van der Waals surface area contributed by atoms with Crippen LogP contribution in [0.2, 0.25) is 0 Å². The maximum Gasteiger partial charge on any atom is 0.331 e. The zero-order chi connectivity index (χ0) is 14.8. The number of esters is 2. The number of amides is 1. The minimum Gasteiger partial charge on any atom is -0.466 e. The molecule has 0 aromatic carbocycles. The second-order valence-electron chi connectivity index (χ2n) is 3.51. The van der Waals surface area contributed by atoms with Crippen LogP contribution in [0.3, 0.4) is 0 Å². The summed E-state index contributed by atoms with van der Waals surface area (Å²) in [5.41, 5.74) is 0. The van der Waals surface area contributed by atoms with E-state index < -0.39 is 30.6 Å². The van der Waals surface area contributed by atoms with Crippen molar-refractivity contribution >= 4 is 17.8 Å². The van der Waals surface area contributed by atoms with Crippen LogP contribution < -0.4 is 0 Å². The summed E-state index contributed by atoms with van der Waals surface area (Å²) in [6.07, 6.45) is 0.344. The predicted molar refractivity (Wildman–Crippen MR) is 66.0 cm³/mol. The average Bonchev–Trinajstić information content (AvgIpc) is 2.42. The fourth-order valence-corrected chi connectivity index (χ4v) is 1.23. The Bertz CT molecular complexity index is 348. The Morgan fingerprint density at radius 1 is 1.16 bits per heavy atom. The largest absolute Gasteiger partial charge is 0.466 e. The Hall–Kier alpha value is -1.89. The molecule has 0 fully saturated rings. The van der Waals surface area contributed by atoms with Crippen molar-refractivity contribution in [1.82, 2.24) is 4.90 Å². The van der Waals surface area contributed by atoms with Crippen molar-refractivity contribution in [2.75, 3.05) is 26.8 Å². The minimum atomic E-state index is -1.41. The molecule has 0 rings (SSSR count). The first-order valence-corrected chi connectivity index (χ1v) is 5.85. The quantitative estimate of drug-likeness (QED) is 0.496. The summed E-state index contributed by atoms with van der Waals surface area (Å²) in [7, 11) is 1.17. The molecule has 7 nitrogen and oxygen atoms in total. The topological polar surface area (TPSA) is 93.1 Å². The van der Waals surface area contributed by atoms with E-state index in [1.54, 1.807) is 13.8 Å². The van der Waals surface area contributed by atoms with Crippen LogP contribution in [0.4, 0.5) is 0 Å². The predicted octanol–water partition coefficient (Wildman–Crippen LogP) is -0.512. The molecule has 0 aliphatic carbocycles. The van der Waals surface area contributed by atoms with Crippen molar-refractivity contribution in [3.05, 3.63) is 12.2 Å². The molecule has 0 saturated carbocycles. The molecule has 0 aliphatic rings. The van der Waals surface area contributed by atoms with E-state index in [2.05, 4.69) is 9.47 Å². The first-order valence-electron chi connectivity index (χ1n) is 5.85. The SMILES string of the molecule is CCN(CC)C(=O)[C@H](O)COC(=O)/C=C/C(=O)OC. The minimum absolute atomic E-state index is 0.459. The van der Waals surface area contributed by atoms with E-state index in [0.717, 1.165) is 12.2 Å². The van der Waals surface area contributed by atoms with Crippen molar-refractivity contribution in [2.45, 2.75) is 20.0 Å². The van der Waals surface area contributed by atoms with Crippen LogP contribution >= 0.6 is 0 Å². The van der Waals surface area contributed by atoms with E-state index in [1.165, 1.54) is 12.0 Å². The summed E-state index contributed by atoms with van der Waals surface area (Å²) in [6.45, 7) is 4.02. The van der Waals surface area contributed by atoms with Crippen molar-refractivity contribution in [3.8, 4) is 0 Å². The van der Waals surface area contributed by atoms with E-state index in [-0.39, 0.29) is 0 Å². The van der Waals surface area contributed by atoms with Gasteiger partial charge in [0.05, 0.1) is 7.11 Å². The number of likely N-dealkylation sites (N-methyl/N-ethyl adjacent to an activating group) is 1. The van der Waals surface area contributed by atoms with Gasteiger partial charge in [0.1, 0.15) is 6.61 Å². The lowest BCUT2D eigenvalue weighted by molar-refractivity contribution is -0.149. The number of rotatable bonds is 7. The van der Waals surface area contributed by atoms with Gasteiger partial charge in [0.2, 0.25) is 0 Å². The van der Waals surface area contributed by atoms with Gasteiger partial charge >= 0.3 is 11.9 Å². The average molecular weight is 273 g/mol. The fourth-order valence-electron chi connectivity index (χ4n) is 1.23. The smallest absolute Gasteiger partial charge is 0.331 e. The Morgan fingerprint density at radius 3 is 2.16 bits per heavy atom. The summed E-state index contributed by atoms with van der Waals surface area (Å²) >= 11 is 0. The molecule has 0 aliphatic heterocycles. The summed E-state index contributed by atoms with van der Waals surface area (Å²) in [6, 6.07) is 0. The molecular formula is C12H19NO6. The van der Waals surface area contributed by atoms with E-state index in [9.17, 15) is 19.5 Å². The molecule has 0 spiro atoms. The molecule has 0 unspecified atom stereocenters. The van der Waals surface area contributed by atoms with Gasteiger partial charge in [-0.15, -0.1) is 0 Å². The number of nitrogens with zero attached hydrogens (tertiary/aromatic N) is 1. The number of aliphatic hydroxyl groups excluding tert-OH is 1. The van der Waals surface area contributed by atoms with E-state index >= 15 is 0 Å². The van der Waals surface area contributed by atoms with Gasteiger partial charge in [-0.2, -0.15) is 0 Å². The Balaban J connectivity index is 4.19. The zero-order valence-electron chi connectivity index (χ0n) is 11.3. The number of hydrogen-bond donors (Lipinski definition) is 1. The lowest BCUT2D eigenvalue weighted by Gasteiger charge is -2.21. The van der Waals surface area contributed by atoms with Gasteiger partial charge in [0.15, 0.2) is 6.10 Å². The first-order chi connectivity index (χ1) is 8.96. The van der Waals surface area contributed by atoms with Gasteiger partial charge in [0.25, 0.3) is 5.91 Å². The number of hydrogen-bond acceptors (Lipinski definition) is 6. The van der Waals surface area contributed by atoms with Gasteiger partial charge in [-0.3, -0.25) is 4.79 Å². The number of methoxy groups -OCH3 is 1. The van der Waals surface area contributed by atoms with Crippen LogP contribution in [0.1, 0.15) is 13.8 Å². The summed E-state index contributed by atoms with van der Waals surface area (Å²) < 4.78 is 8.91. The molecule has 0 heterocycles. The van der Waals surface area contributed by atoms with E-state index in [4.69, 9.17) is 0 Å². The van der Waals surface area contributed by atoms with Gasteiger partial charge in [-0.1, -0.05) is 0 Å². The fraction of sp³-hybridized carbons (Fsp3) is 0.583. The molecule has 0 aromatic rings. The summed E-state index contributed by atoms with van der Waals surface area (Å²) in [5.74, 6) is -2.04. The Labute approximate surface area is 111 Å². The van der Waals surface area contributed by atoms with Crippen LogP contribution in [0, 0.1) is 0 Å². The molecular weight excluding hydrogens is 254 g/mol. The molecule has 19 heavy (non-hydrogen) atoms. The summed E-state index contributed by atoms with van der Waals surface area (Å²) in [4.78, 5) is 34.9. The molecule has 1 amide bonds. The highest BCUT2D eigenvalue weighted by atomic mass is 16.5. The summed E-state index contributed by atoms with van der Waals surface area (Å²) in [5, 5.41) is 9.54. The third-order valence-electron chi connectivity index (χ3n) is 2.30. The maximum absolute atomic E-state index is 11.6. The molecule has 1 N–H and O–H groups in total. The molecule has 0 bridgehead atoms. The molecule has 0 aromatic heterocycles. The lowest BCUT2D eigenvalue weighted by Crippen LogP contribution is -2.41. The second kappa shape index (κ2) is 9.09. The molecule has 0 saturated heterocycles. The number of carbonyl (C=O) groups excluding carboxylic acids is 3. The molecule has 0 radical (unpaired) electrons. The van der Waals surface area contributed by atoms with Gasteiger partial charge in [-0.05, 0) is 13.8 Å². The van der Waals surface area contributed by atoms with Crippen LogP contribution in [0.5, 0.6) is 0 Å². The second-order valence-corrected chi connectivity index (χ2v) is 3.51. The Morgan fingerprint density at radius 2 is 1.68 bits per heavy atom. The highest BCUT2D eigenvalue weighted by Gasteiger charge is 2.21. The maximum atomic E-state index is 11.6. The van der Waals surface area contributed by atoms with Crippen LogP contribution in [0.15, 0.2) is 12.2 Å². The molecule has 7 heteroatoms. The van der Waals surface area contributed by atoms with E-state index in [1.807, 2.05) is 0 Å². The van der Waals surface area contributed by atoms with Crippen molar-refractivity contribution in [3.63, 3.8) is 0 Å². The van der Waals surface area contributed by atoms with Crippen LogP contribution in [0.25, 0.3) is 0 Å². The molecule has 1 atom stereocenters. The number of ether oxygens (including phenoxy) is 2. The highest BCUT2D eigenvalue weighted by molar-refractivity contribution is 5.91. The number of carbonyl (C=O) groups is 3. The van der Waals surface area contributed by atoms with E-state index in [0.29, 0.717) is 13.1 Å². The van der Waals surface area contributed by atoms with Crippen molar-refractivity contribution in [2.24, 2.45) is 0 Å². The zero-order valence-corrected chi connectivity index (χ0v) is 11.3.